The van der Waals surface area contributed by atoms with Crippen LogP contribution < -0.4 is 10.1 Å². The van der Waals surface area contributed by atoms with E-state index in [1.54, 1.807) is 24.4 Å². The van der Waals surface area contributed by atoms with E-state index >= 15 is 0 Å². The molecule has 1 fully saturated rings. The molecule has 1 aromatic carbocycles. The van der Waals surface area contributed by atoms with Crippen molar-refractivity contribution in [1.82, 2.24) is 29.8 Å². The third kappa shape index (κ3) is 5.42. The van der Waals surface area contributed by atoms with Gasteiger partial charge in [0.1, 0.15) is 17.8 Å². The average Bonchev–Trinajstić information content (AvgIpc) is 3.50. The van der Waals surface area contributed by atoms with Gasteiger partial charge in [-0.2, -0.15) is 4.98 Å². The topological polar surface area (TPSA) is 115 Å². The monoisotopic (exact) mass is 520 g/mol. The summed E-state index contributed by atoms with van der Waals surface area (Å²) in [6.07, 6.45) is 5.14. The Bertz CT molecular complexity index is 1470. The normalized spacial score (nSPS) is 14.9. The van der Waals surface area contributed by atoms with Crippen molar-refractivity contribution in [2.75, 3.05) is 6.54 Å². The highest BCUT2D eigenvalue weighted by molar-refractivity contribution is 6.33. The Labute approximate surface area is 219 Å². The summed E-state index contributed by atoms with van der Waals surface area (Å²) in [5.74, 6) is 0.699. The van der Waals surface area contributed by atoms with E-state index in [1.165, 1.54) is 6.33 Å². The van der Waals surface area contributed by atoms with Crippen molar-refractivity contribution in [1.29, 1.82) is 0 Å². The van der Waals surface area contributed by atoms with E-state index < -0.39 is 6.10 Å². The number of nitrogens with one attached hydrogen (secondary N) is 1. The van der Waals surface area contributed by atoms with Gasteiger partial charge in [0.15, 0.2) is 11.2 Å². The van der Waals surface area contributed by atoms with Crippen LogP contribution >= 0.6 is 11.6 Å². The number of halogens is 1. The number of carbonyl (C=O) groups excluding carboxylic acids is 1. The van der Waals surface area contributed by atoms with Crippen LogP contribution in [-0.4, -0.2) is 53.8 Å². The number of fused-ring (bicyclic) bond motifs is 1. The number of imidazole rings is 1. The second-order valence-electron chi connectivity index (χ2n) is 9.72. The van der Waals surface area contributed by atoms with Crippen molar-refractivity contribution < 1.29 is 14.6 Å². The Kier molecular flexibility index (Phi) is 6.83. The maximum absolute atomic E-state index is 12.6. The van der Waals surface area contributed by atoms with Crippen LogP contribution in [0.2, 0.25) is 5.02 Å². The lowest BCUT2D eigenvalue weighted by Gasteiger charge is -2.12. The lowest BCUT2D eigenvalue weighted by Crippen LogP contribution is -2.31. The molecule has 0 spiro atoms. The molecule has 1 amide bonds. The summed E-state index contributed by atoms with van der Waals surface area (Å²) in [5, 5.41) is 12.9. The number of aliphatic hydroxyl groups excluding tert-OH is 1. The number of amides is 1. The van der Waals surface area contributed by atoms with Crippen molar-refractivity contribution >= 4 is 28.7 Å². The van der Waals surface area contributed by atoms with Gasteiger partial charge in [-0.25, -0.2) is 9.97 Å². The molecule has 9 nitrogen and oxygen atoms in total. The maximum atomic E-state index is 12.6. The summed E-state index contributed by atoms with van der Waals surface area (Å²) in [6.45, 7) is 6.51. The van der Waals surface area contributed by atoms with E-state index in [1.807, 2.05) is 30.5 Å². The number of carbonyl (C=O) groups is 1. The SMILES string of the molecule is CC[C@@H](O)CNC(=O)c1ccc(-c2nc3c(OC4(C)CC4)ncnc3n2Cc2cc(C)ccn2)c(Cl)c1. The number of rotatable bonds is 9. The molecule has 2 N–H and O–H groups in total. The van der Waals surface area contributed by atoms with Gasteiger partial charge in [0, 0.05) is 23.9 Å². The number of aliphatic hydroxyl groups is 1. The summed E-state index contributed by atoms with van der Waals surface area (Å²) < 4.78 is 8.13. The molecule has 0 aliphatic heterocycles. The van der Waals surface area contributed by atoms with Crippen LogP contribution in [0.5, 0.6) is 5.88 Å². The first-order valence-corrected chi connectivity index (χ1v) is 12.7. The van der Waals surface area contributed by atoms with Gasteiger partial charge >= 0.3 is 0 Å². The summed E-state index contributed by atoms with van der Waals surface area (Å²) >= 11 is 6.72. The number of hydrogen-bond donors (Lipinski definition) is 2. The van der Waals surface area contributed by atoms with Crippen LogP contribution in [0.1, 0.15) is 54.7 Å². The largest absolute Gasteiger partial charge is 0.470 e. The summed E-state index contributed by atoms with van der Waals surface area (Å²) in [4.78, 5) is 30.9. The zero-order valence-electron chi connectivity index (χ0n) is 21.0. The zero-order valence-corrected chi connectivity index (χ0v) is 21.8. The molecular weight excluding hydrogens is 492 g/mol. The van der Waals surface area contributed by atoms with Gasteiger partial charge in [-0.3, -0.25) is 9.78 Å². The van der Waals surface area contributed by atoms with Gasteiger partial charge in [0.25, 0.3) is 5.91 Å². The Morgan fingerprint density at radius 2 is 2.05 bits per heavy atom. The highest BCUT2D eigenvalue weighted by Crippen LogP contribution is 2.41. The molecule has 37 heavy (non-hydrogen) atoms. The summed E-state index contributed by atoms with van der Waals surface area (Å²) in [6, 6.07) is 9.02. The van der Waals surface area contributed by atoms with Gasteiger partial charge in [-0.1, -0.05) is 18.5 Å². The van der Waals surface area contributed by atoms with Crippen LogP contribution in [0, 0.1) is 6.92 Å². The molecule has 1 atom stereocenters. The molecule has 1 saturated carbocycles. The van der Waals surface area contributed by atoms with E-state index in [0.717, 1.165) is 24.1 Å². The molecule has 0 bridgehead atoms. The predicted octanol–water partition coefficient (Wildman–Crippen LogP) is 4.33. The quantitative estimate of drug-likeness (QED) is 0.337. The van der Waals surface area contributed by atoms with Crippen LogP contribution in [0.25, 0.3) is 22.6 Å². The third-order valence-electron chi connectivity index (χ3n) is 6.53. The number of ether oxygens (including phenoxy) is 1. The second-order valence-corrected chi connectivity index (χ2v) is 10.1. The molecular formula is C27H29ClN6O3. The van der Waals surface area contributed by atoms with Gasteiger partial charge in [0.05, 0.1) is 23.4 Å². The molecule has 1 aliphatic carbocycles. The first-order valence-electron chi connectivity index (χ1n) is 12.3. The molecule has 0 radical (unpaired) electrons. The molecule has 0 saturated heterocycles. The lowest BCUT2D eigenvalue weighted by atomic mass is 10.1. The maximum Gasteiger partial charge on any atom is 0.251 e. The molecule has 0 unspecified atom stereocenters. The first-order chi connectivity index (χ1) is 17.8. The second kappa shape index (κ2) is 10.1. The number of pyridine rings is 1. The third-order valence-corrected chi connectivity index (χ3v) is 6.84. The summed E-state index contributed by atoms with van der Waals surface area (Å²) in [5.41, 5.74) is 3.90. The number of nitrogens with zero attached hydrogens (tertiary/aromatic N) is 5. The van der Waals surface area contributed by atoms with E-state index in [2.05, 4.69) is 27.2 Å². The van der Waals surface area contributed by atoms with Crippen LogP contribution in [0.4, 0.5) is 0 Å². The molecule has 3 aromatic heterocycles. The van der Waals surface area contributed by atoms with Gasteiger partial charge in [-0.15, -0.1) is 0 Å². The van der Waals surface area contributed by atoms with Gasteiger partial charge in [0.2, 0.25) is 5.88 Å². The minimum atomic E-state index is -0.593. The van der Waals surface area contributed by atoms with Crippen molar-refractivity contribution in [3.63, 3.8) is 0 Å². The van der Waals surface area contributed by atoms with Crippen molar-refractivity contribution in [3.8, 4) is 17.3 Å². The fourth-order valence-electron chi connectivity index (χ4n) is 4.00. The van der Waals surface area contributed by atoms with Gasteiger partial charge < -0.3 is 19.7 Å². The Morgan fingerprint density at radius 3 is 2.76 bits per heavy atom. The molecule has 192 valence electrons. The number of hydrogen-bond acceptors (Lipinski definition) is 7. The van der Waals surface area contributed by atoms with Crippen molar-refractivity contribution in [3.05, 3.63) is 64.7 Å². The van der Waals surface area contributed by atoms with Crippen LogP contribution in [-0.2, 0) is 6.54 Å². The Balaban J connectivity index is 1.56. The first kappa shape index (κ1) is 25.1. The van der Waals surface area contributed by atoms with E-state index in [0.29, 0.717) is 52.0 Å². The summed E-state index contributed by atoms with van der Waals surface area (Å²) in [7, 11) is 0. The number of benzene rings is 1. The highest BCUT2D eigenvalue weighted by atomic mass is 35.5. The van der Waals surface area contributed by atoms with Crippen LogP contribution in [0.15, 0.2) is 42.9 Å². The molecule has 3 heterocycles. The zero-order chi connectivity index (χ0) is 26.2. The Hall–Kier alpha value is -3.56. The average molecular weight is 521 g/mol. The minimum absolute atomic E-state index is 0.175. The van der Waals surface area contributed by atoms with E-state index in [9.17, 15) is 9.90 Å². The van der Waals surface area contributed by atoms with Gasteiger partial charge in [-0.05, 0) is 69.0 Å². The molecule has 4 aromatic rings. The van der Waals surface area contributed by atoms with Crippen molar-refractivity contribution in [2.45, 2.75) is 58.3 Å². The fraction of sp³-hybridized carbons (Fsp3) is 0.370. The minimum Gasteiger partial charge on any atom is -0.470 e. The molecule has 10 heteroatoms. The van der Waals surface area contributed by atoms with E-state index in [4.69, 9.17) is 21.3 Å². The highest BCUT2D eigenvalue weighted by Gasteiger charge is 2.41. The number of aryl methyl sites for hydroxylation is 1. The molecule has 5 rings (SSSR count). The smallest absolute Gasteiger partial charge is 0.251 e. The molecule has 1 aliphatic rings. The standard InChI is InChI=1S/C27H29ClN6O3/c1-4-19(35)13-30-25(36)17-5-6-20(21(28)12-17)23-33-22-24(31-15-32-26(22)37-27(3)8-9-27)34(23)14-18-11-16(2)7-10-29-18/h5-7,10-12,15,19,35H,4,8-9,13-14H2,1-3H3,(H,30,36)/t19-/m1/s1. The predicted molar refractivity (Wildman–Crippen MR) is 141 cm³/mol. The van der Waals surface area contributed by atoms with E-state index in [-0.39, 0.29) is 18.1 Å². The number of aromatic nitrogens is 5. The fourth-order valence-corrected chi connectivity index (χ4v) is 4.26. The lowest BCUT2D eigenvalue weighted by molar-refractivity contribution is 0.0914. The Morgan fingerprint density at radius 1 is 1.24 bits per heavy atom. The van der Waals surface area contributed by atoms with Crippen LogP contribution in [0.3, 0.4) is 0 Å². The van der Waals surface area contributed by atoms with Crippen molar-refractivity contribution in [2.24, 2.45) is 0 Å².